The van der Waals surface area contributed by atoms with Crippen molar-refractivity contribution in [2.45, 2.75) is 51.7 Å². The maximum Gasteiger partial charge on any atom is 0.254 e. The van der Waals surface area contributed by atoms with E-state index in [4.69, 9.17) is 10.1 Å². The lowest BCUT2D eigenvalue weighted by molar-refractivity contribution is 0.0604. The van der Waals surface area contributed by atoms with Crippen molar-refractivity contribution in [3.8, 4) is 0 Å². The molecule has 8 heteroatoms. The average Bonchev–Trinajstić information content (AvgIpc) is 3.40. The van der Waals surface area contributed by atoms with E-state index in [1.54, 1.807) is 23.6 Å². The molecule has 2 fully saturated rings. The largest absolute Gasteiger partial charge is 0.391 e. The van der Waals surface area contributed by atoms with Crippen molar-refractivity contribution in [2.24, 2.45) is 0 Å². The lowest BCUT2D eigenvalue weighted by atomic mass is 9.97. The van der Waals surface area contributed by atoms with Crippen molar-refractivity contribution in [1.29, 1.82) is 0 Å². The highest BCUT2D eigenvalue weighted by Gasteiger charge is 2.32. The van der Waals surface area contributed by atoms with E-state index < -0.39 is 0 Å². The molecule has 2 aliphatic heterocycles. The zero-order chi connectivity index (χ0) is 22.4. The van der Waals surface area contributed by atoms with Gasteiger partial charge in [0, 0.05) is 43.0 Å². The van der Waals surface area contributed by atoms with E-state index in [9.17, 15) is 14.3 Å². The van der Waals surface area contributed by atoms with Crippen molar-refractivity contribution in [1.82, 2.24) is 19.5 Å². The molecule has 5 rings (SSSR count). The first-order chi connectivity index (χ1) is 15.4. The normalized spacial score (nSPS) is 21.5. The maximum absolute atomic E-state index is 14.1. The molecule has 0 saturated carbocycles. The Hall–Kier alpha value is -3.00. The second-order valence-corrected chi connectivity index (χ2v) is 8.93. The summed E-state index contributed by atoms with van der Waals surface area (Å²) in [6.45, 7) is 5.64. The summed E-state index contributed by atoms with van der Waals surface area (Å²) in [6.07, 6.45) is 5.12. The summed E-state index contributed by atoms with van der Waals surface area (Å²) in [5.41, 5.74) is 3.31. The summed E-state index contributed by atoms with van der Waals surface area (Å²) >= 11 is 0. The molecule has 2 atom stereocenters. The third-order valence-corrected chi connectivity index (χ3v) is 6.69. The molecule has 0 radical (unpaired) electrons. The molecule has 2 aliphatic rings. The molecule has 0 unspecified atom stereocenters. The summed E-state index contributed by atoms with van der Waals surface area (Å²) < 4.78 is 15.8. The molecule has 168 valence electrons. The molecule has 1 N–H and O–H groups in total. The number of nitrogens with zero attached hydrogens (tertiary/aromatic N) is 5. The Balaban J connectivity index is 1.48. The number of β-amino-alcohol motifs (C(OH)–C–C–N with tert-alkyl or cyclic N) is 1. The van der Waals surface area contributed by atoms with Crippen LogP contribution in [-0.4, -0.2) is 56.2 Å². The fraction of sp³-hybridized carbons (Fsp3) is 0.458. The number of benzene rings is 1. The number of carbonyl (C=O) groups excluding carboxylic acids is 1. The Morgan fingerprint density at radius 3 is 2.81 bits per heavy atom. The van der Waals surface area contributed by atoms with Crippen LogP contribution in [0.3, 0.4) is 0 Å². The minimum Gasteiger partial charge on any atom is -0.391 e. The van der Waals surface area contributed by atoms with Gasteiger partial charge in [0.25, 0.3) is 5.91 Å². The topological polar surface area (TPSA) is 74.0 Å². The van der Waals surface area contributed by atoms with E-state index >= 15 is 0 Å². The van der Waals surface area contributed by atoms with Gasteiger partial charge in [0.05, 0.1) is 17.8 Å². The number of aromatic nitrogens is 3. The van der Waals surface area contributed by atoms with Gasteiger partial charge in [-0.25, -0.2) is 13.9 Å². The average molecular weight is 438 g/mol. The van der Waals surface area contributed by atoms with E-state index in [1.807, 2.05) is 24.1 Å². The third kappa shape index (κ3) is 3.62. The summed E-state index contributed by atoms with van der Waals surface area (Å²) in [6, 6.07) is 6.44. The molecule has 0 spiro atoms. The van der Waals surface area contributed by atoms with Gasteiger partial charge in [0.2, 0.25) is 0 Å². The smallest absolute Gasteiger partial charge is 0.254 e. The SMILES string of the molecule is Cc1cn2nc([C@@H]3CCCCN3C(=O)c3cccc(F)c3C)cc2nc1N1CC[C@@H](O)C1. The zero-order valence-corrected chi connectivity index (χ0v) is 18.5. The van der Waals surface area contributed by atoms with Crippen LogP contribution >= 0.6 is 0 Å². The van der Waals surface area contributed by atoms with Crippen LogP contribution in [0.15, 0.2) is 30.5 Å². The first-order valence-corrected chi connectivity index (χ1v) is 11.3. The number of halogens is 1. The van der Waals surface area contributed by atoms with Gasteiger partial charge >= 0.3 is 0 Å². The highest BCUT2D eigenvalue weighted by Crippen LogP contribution is 2.33. The van der Waals surface area contributed by atoms with Crippen LogP contribution in [0.25, 0.3) is 5.65 Å². The standard InChI is InChI=1S/C24H28FN5O2/c1-15-13-30-22(26-23(15)28-11-9-17(31)14-28)12-20(27-30)21-8-3-4-10-29(21)24(32)18-6-5-7-19(25)16(18)2/h5-7,12-13,17,21,31H,3-4,8-11,14H2,1-2H3/t17-,21+/m1/s1. The molecule has 0 aliphatic carbocycles. The first-order valence-electron chi connectivity index (χ1n) is 11.3. The van der Waals surface area contributed by atoms with E-state index in [2.05, 4.69) is 4.90 Å². The Labute approximate surface area is 186 Å². The van der Waals surface area contributed by atoms with Gasteiger partial charge in [-0.05, 0) is 57.2 Å². The van der Waals surface area contributed by atoms with Crippen LogP contribution in [0.2, 0.25) is 0 Å². The van der Waals surface area contributed by atoms with Gasteiger partial charge in [0.1, 0.15) is 11.6 Å². The minimum absolute atomic E-state index is 0.153. The predicted octanol–water partition coefficient (Wildman–Crippen LogP) is 3.42. The number of fused-ring (bicyclic) bond motifs is 1. The Kier molecular flexibility index (Phi) is 5.33. The molecule has 2 aromatic heterocycles. The van der Waals surface area contributed by atoms with Crippen LogP contribution in [0.5, 0.6) is 0 Å². The molecular weight excluding hydrogens is 409 g/mol. The van der Waals surface area contributed by atoms with Gasteiger partial charge in [-0.1, -0.05) is 6.07 Å². The number of aliphatic hydroxyl groups is 1. The summed E-state index contributed by atoms with van der Waals surface area (Å²) in [5, 5.41) is 14.7. The summed E-state index contributed by atoms with van der Waals surface area (Å²) in [7, 11) is 0. The number of anilines is 1. The van der Waals surface area contributed by atoms with Crippen LogP contribution < -0.4 is 4.90 Å². The highest BCUT2D eigenvalue weighted by molar-refractivity contribution is 5.96. The second-order valence-electron chi connectivity index (χ2n) is 8.93. The highest BCUT2D eigenvalue weighted by atomic mass is 19.1. The zero-order valence-electron chi connectivity index (χ0n) is 18.5. The minimum atomic E-state index is -0.364. The fourth-order valence-electron chi connectivity index (χ4n) is 4.91. The second kappa shape index (κ2) is 8.16. The van der Waals surface area contributed by atoms with E-state index in [0.29, 0.717) is 24.2 Å². The number of aliphatic hydroxyl groups excluding tert-OH is 1. The lowest BCUT2D eigenvalue weighted by Crippen LogP contribution is -2.39. The van der Waals surface area contributed by atoms with Crippen LogP contribution in [0, 0.1) is 19.7 Å². The number of aryl methyl sites for hydroxylation is 1. The monoisotopic (exact) mass is 437 g/mol. The Morgan fingerprint density at radius 1 is 1.19 bits per heavy atom. The number of hydrogen-bond donors (Lipinski definition) is 1. The molecule has 1 amide bonds. The maximum atomic E-state index is 14.1. The molecule has 32 heavy (non-hydrogen) atoms. The van der Waals surface area contributed by atoms with Crippen LogP contribution in [-0.2, 0) is 0 Å². The van der Waals surface area contributed by atoms with Crippen LogP contribution in [0.4, 0.5) is 10.2 Å². The molecule has 0 bridgehead atoms. The van der Waals surface area contributed by atoms with E-state index in [-0.39, 0.29) is 23.9 Å². The van der Waals surface area contributed by atoms with E-state index in [1.165, 1.54) is 6.07 Å². The van der Waals surface area contributed by atoms with Gasteiger partial charge in [-0.15, -0.1) is 0 Å². The summed E-state index contributed by atoms with van der Waals surface area (Å²) in [5.74, 6) is 0.350. The van der Waals surface area contributed by atoms with E-state index in [0.717, 1.165) is 55.0 Å². The fourth-order valence-corrected chi connectivity index (χ4v) is 4.91. The van der Waals surface area contributed by atoms with Crippen molar-refractivity contribution in [3.05, 3.63) is 58.7 Å². The number of piperidine rings is 1. The molecule has 3 aromatic rings. The first kappa shape index (κ1) is 20.9. The predicted molar refractivity (Wildman–Crippen MR) is 119 cm³/mol. The molecular formula is C24H28FN5O2. The molecule has 7 nitrogen and oxygen atoms in total. The Bertz CT molecular complexity index is 1180. The summed E-state index contributed by atoms with van der Waals surface area (Å²) in [4.78, 5) is 22.1. The molecule has 2 saturated heterocycles. The quantitative estimate of drug-likeness (QED) is 0.680. The third-order valence-electron chi connectivity index (χ3n) is 6.69. The number of carbonyl (C=O) groups is 1. The number of rotatable bonds is 3. The van der Waals surface area contributed by atoms with Crippen molar-refractivity contribution >= 4 is 17.4 Å². The van der Waals surface area contributed by atoms with Crippen LogP contribution in [0.1, 0.15) is 58.9 Å². The van der Waals surface area contributed by atoms with Gasteiger partial charge in [-0.3, -0.25) is 4.79 Å². The number of hydrogen-bond acceptors (Lipinski definition) is 5. The lowest BCUT2D eigenvalue weighted by Gasteiger charge is -2.35. The van der Waals surface area contributed by atoms with Gasteiger partial charge in [-0.2, -0.15) is 5.10 Å². The van der Waals surface area contributed by atoms with Crippen molar-refractivity contribution in [3.63, 3.8) is 0 Å². The molecule has 1 aromatic carbocycles. The van der Waals surface area contributed by atoms with Crippen molar-refractivity contribution < 1.29 is 14.3 Å². The Morgan fingerprint density at radius 2 is 2.03 bits per heavy atom. The molecule has 4 heterocycles. The number of amides is 1. The van der Waals surface area contributed by atoms with Crippen molar-refractivity contribution in [2.75, 3.05) is 24.5 Å². The van der Waals surface area contributed by atoms with Gasteiger partial charge in [0.15, 0.2) is 5.65 Å². The van der Waals surface area contributed by atoms with Gasteiger partial charge < -0.3 is 14.9 Å². The number of likely N-dealkylation sites (tertiary alicyclic amines) is 1.